The first kappa shape index (κ1) is 16.9. The second kappa shape index (κ2) is 7.59. The Labute approximate surface area is 119 Å². The molecule has 0 aromatic rings. The van der Waals surface area contributed by atoms with E-state index in [0.29, 0.717) is 19.3 Å². The molecule has 0 spiro atoms. The second-order valence-corrected chi connectivity index (χ2v) is 4.90. The fraction of sp³-hybridized carbons (Fsp3) is 0.857. The monoisotopic (exact) mass is 288 g/mol. The van der Waals surface area contributed by atoms with Crippen LogP contribution in [0.5, 0.6) is 0 Å². The molecule has 0 bridgehead atoms. The van der Waals surface area contributed by atoms with Crippen LogP contribution in [-0.4, -0.2) is 43.1 Å². The number of esters is 2. The quantitative estimate of drug-likeness (QED) is 0.665. The molecule has 0 aliphatic carbocycles. The first-order valence-electron chi connectivity index (χ1n) is 7.16. The lowest BCUT2D eigenvalue weighted by Crippen LogP contribution is -2.39. The summed E-state index contributed by atoms with van der Waals surface area (Å²) in [5, 5.41) is 0. The largest absolute Gasteiger partial charge is 0.464 e. The zero-order chi connectivity index (χ0) is 15.2. The van der Waals surface area contributed by atoms with Crippen LogP contribution < -0.4 is 0 Å². The fourth-order valence-electron chi connectivity index (χ4n) is 1.77. The molecule has 6 nitrogen and oxygen atoms in total. The minimum atomic E-state index is -1.06. The Morgan fingerprint density at radius 1 is 0.950 bits per heavy atom. The Balaban J connectivity index is 2.76. The minimum absolute atomic E-state index is 0.290. The summed E-state index contributed by atoms with van der Waals surface area (Å²) in [7, 11) is 0. The zero-order valence-corrected chi connectivity index (χ0v) is 12.6. The molecule has 1 aliphatic rings. The van der Waals surface area contributed by atoms with Gasteiger partial charge in [-0.05, 0) is 26.2 Å². The molecule has 0 aromatic carbocycles. The van der Waals surface area contributed by atoms with Crippen molar-refractivity contribution in [3.05, 3.63) is 0 Å². The molecule has 1 heterocycles. The highest BCUT2D eigenvalue weighted by atomic mass is 16.8. The van der Waals surface area contributed by atoms with E-state index in [0.717, 1.165) is 0 Å². The van der Waals surface area contributed by atoms with Crippen LogP contribution in [0.25, 0.3) is 0 Å². The van der Waals surface area contributed by atoms with Gasteiger partial charge in [0.2, 0.25) is 0 Å². The predicted molar refractivity (Wildman–Crippen MR) is 70.9 cm³/mol. The molecule has 1 fully saturated rings. The van der Waals surface area contributed by atoms with Crippen molar-refractivity contribution in [2.24, 2.45) is 0 Å². The molecular formula is C14H24O6. The molecule has 2 atom stereocenters. The zero-order valence-electron chi connectivity index (χ0n) is 12.6. The summed E-state index contributed by atoms with van der Waals surface area (Å²) in [5.74, 6) is -2.13. The highest BCUT2D eigenvalue weighted by Crippen LogP contribution is 2.32. The van der Waals surface area contributed by atoms with Crippen LogP contribution in [0.15, 0.2) is 0 Å². The molecule has 0 radical (unpaired) electrons. The highest BCUT2D eigenvalue weighted by Gasteiger charge is 2.51. The van der Waals surface area contributed by atoms with Gasteiger partial charge >= 0.3 is 11.9 Å². The summed E-state index contributed by atoms with van der Waals surface area (Å²) < 4.78 is 21.2. The topological polar surface area (TPSA) is 71.1 Å². The Bertz CT molecular complexity index is 313. The van der Waals surface area contributed by atoms with E-state index in [2.05, 4.69) is 0 Å². The van der Waals surface area contributed by atoms with Crippen molar-refractivity contribution in [3.8, 4) is 0 Å². The van der Waals surface area contributed by atoms with Gasteiger partial charge in [-0.3, -0.25) is 0 Å². The number of rotatable bonds is 7. The SMILES string of the molecule is CCCOC(=O)[C@@H]1OC(C)(CC)O[C@H]1C(=O)OCCC. The van der Waals surface area contributed by atoms with Crippen LogP contribution in [0.2, 0.25) is 0 Å². The van der Waals surface area contributed by atoms with Crippen molar-refractivity contribution in [2.75, 3.05) is 13.2 Å². The van der Waals surface area contributed by atoms with E-state index >= 15 is 0 Å². The Hall–Kier alpha value is -1.14. The van der Waals surface area contributed by atoms with Gasteiger partial charge in [-0.15, -0.1) is 0 Å². The van der Waals surface area contributed by atoms with Gasteiger partial charge in [-0.25, -0.2) is 9.59 Å². The standard InChI is InChI=1S/C14H24O6/c1-5-8-17-12(15)10-11(13(16)18-9-6-2)20-14(4,7-3)19-10/h10-11H,5-9H2,1-4H3/t10-,11-/m1/s1. The molecular weight excluding hydrogens is 264 g/mol. The van der Waals surface area contributed by atoms with Crippen LogP contribution in [-0.2, 0) is 28.5 Å². The smallest absolute Gasteiger partial charge is 0.338 e. The van der Waals surface area contributed by atoms with Crippen molar-refractivity contribution >= 4 is 11.9 Å². The first-order valence-corrected chi connectivity index (χ1v) is 7.16. The lowest BCUT2D eigenvalue weighted by atomic mass is 10.2. The van der Waals surface area contributed by atoms with Crippen LogP contribution in [0.1, 0.15) is 47.0 Å². The van der Waals surface area contributed by atoms with E-state index in [1.54, 1.807) is 6.92 Å². The van der Waals surface area contributed by atoms with Crippen LogP contribution >= 0.6 is 0 Å². The number of hydrogen-bond acceptors (Lipinski definition) is 6. The molecule has 0 saturated carbocycles. The Kier molecular flexibility index (Phi) is 6.42. The van der Waals surface area contributed by atoms with Crippen molar-refractivity contribution in [2.45, 2.75) is 65.0 Å². The summed E-state index contributed by atoms with van der Waals surface area (Å²) in [4.78, 5) is 23.9. The average molecular weight is 288 g/mol. The Morgan fingerprint density at radius 2 is 1.35 bits per heavy atom. The van der Waals surface area contributed by atoms with Gasteiger partial charge in [-0.2, -0.15) is 0 Å². The summed E-state index contributed by atoms with van der Waals surface area (Å²) >= 11 is 0. The van der Waals surface area contributed by atoms with Crippen LogP contribution in [0.4, 0.5) is 0 Å². The molecule has 0 aromatic heterocycles. The van der Waals surface area contributed by atoms with E-state index < -0.39 is 29.9 Å². The maximum absolute atomic E-state index is 12.0. The molecule has 1 aliphatic heterocycles. The summed E-state index contributed by atoms with van der Waals surface area (Å²) in [6.07, 6.45) is -0.195. The van der Waals surface area contributed by atoms with E-state index in [1.165, 1.54) is 0 Å². The maximum atomic E-state index is 12.0. The van der Waals surface area contributed by atoms with E-state index in [4.69, 9.17) is 18.9 Å². The third kappa shape index (κ3) is 4.18. The lowest BCUT2D eigenvalue weighted by Gasteiger charge is -2.20. The molecule has 116 valence electrons. The summed E-state index contributed by atoms with van der Waals surface area (Å²) in [6, 6.07) is 0. The molecule has 0 unspecified atom stereocenters. The minimum Gasteiger partial charge on any atom is -0.464 e. The third-order valence-electron chi connectivity index (χ3n) is 3.03. The van der Waals surface area contributed by atoms with Gasteiger partial charge in [0.15, 0.2) is 18.0 Å². The molecule has 6 heteroatoms. The first-order chi connectivity index (χ1) is 9.47. The molecule has 0 N–H and O–H groups in total. The summed E-state index contributed by atoms with van der Waals surface area (Å²) in [6.45, 7) is 7.91. The van der Waals surface area contributed by atoms with Crippen LogP contribution in [0, 0.1) is 0 Å². The number of ether oxygens (including phenoxy) is 4. The van der Waals surface area contributed by atoms with E-state index in [1.807, 2.05) is 20.8 Å². The fourth-order valence-corrected chi connectivity index (χ4v) is 1.77. The highest BCUT2D eigenvalue weighted by molar-refractivity contribution is 5.86. The van der Waals surface area contributed by atoms with Gasteiger partial charge in [-0.1, -0.05) is 20.8 Å². The van der Waals surface area contributed by atoms with E-state index in [-0.39, 0.29) is 13.2 Å². The normalized spacial score (nSPS) is 24.4. The van der Waals surface area contributed by atoms with Gasteiger partial charge in [0.25, 0.3) is 0 Å². The molecule has 1 rings (SSSR count). The van der Waals surface area contributed by atoms with Gasteiger partial charge in [0.05, 0.1) is 13.2 Å². The van der Waals surface area contributed by atoms with Gasteiger partial charge < -0.3 is 18.9 Å². The van der Waals surface area contributed by atoms with E-state index in [9.17, 15) is 9.59 Å². The van der Waals surface area contributed by atoms with Crippen molar-refractivity contribution in [3.63, 3.8) is 0 Å². The molecule has 0 amide bonds. The van der Waals surface area contributed by atoms with Crippen LogP contribution in [0.3, 0.4) is 0 Å². The van der Waals surface area contributed by atoms with Crippen molar-refractivity contribution in [1.29, 1.82) is 0 Å². The number of carbonyl (C=O) groups is 2. The van der Waals surface area contributed by atoms with Gasteiger partial charge in [0, 0.05) is 0 Å². The predicted octanol–water partition coefficient (Wildman–Crippen LogP) is 1.80. The Morgan fingerprint density at radius 3 is 1.65 bits per heavy atom. The third-order valence-corrected chi connectivity index (χ3v) is 3.03. The lowest BCUT2D eigenvalue weighted by molar-refractivity contribution is -0.182. The number of carbonyl (C=O) groups excluding carboxylic acids is 2. The number of hydrogen-bond donors (Lipinski definition) is 0. The van der Waals surface area contributed by atoms with Crippen molar-refractivity contribution < 1.29 is 28.5 Å². The molecule has 1 saturated heterocycles. The second-order valence-electron chi connectivity index (χ2n) is 4.90. The van der Waals surface area contributed by atoms with Crippen molar-refractivity contribution in [1.82, 2.24) is 0 Å². The average Bonchev–Trinajstić information content (AvgIpc) is 2.81. The summed E-state index contributed by atoms with van der Waals surface area (Å²) in [5.41, 5.74) is 0. The molecule has 20 heavy (non-hydrogen) atoms. The maximum Gasteiger partial charge on any atom is 0.338 e. The van der Waals surface area contributed by atoms with Gasteiger partial charge in [0.1, 0.15) is 0 Å².